The molecule has 2 nitrogen and oxygen atoms in total. The Bertz CT molecular complexity index is 429. The minimum Gasteiger partial charge on any atom is -0.438 e. The molecule has 0 amide bonds. The average molecular weight is 212 g/mol. The van der Waals surface area contributed by atoms with Crippen LogP contribution >= 0.6 is 0 Å². The second-order valence-corrected chi connectivity index (χ2v) is 3.06. The van der Waals surface area contributed by atoms with E-state index in [1.807, 2.05) is 18.2 Å². The molecule has 80 valence electrons. The zero-order valence-electron chi connectivity index (χ0n) is 8.90. The molecule has 0 aliphatic rings. The molecule has 0 atom stereocenters. The fourth-order valence-corrected chi connectivity index (χ4v) is 1.05. The van der Waals surface area contributed by atoms with Crippen LogP contribution in [-0.4, -0.2) is 12.4 Å². The third-order valence-corrected chi connectivity index (χ3v) is 1.84. The third kappa shape index (κ3) is 4.35. The lowest BCUT2D eigenvalue weighted by Gasteiger charge is -1.97. The summed E-state index contributed by atoms with van der Waals surface area (Å²) < 4.78 is 4.92. The average Bonchev–Trinajstić information content (AvgIpc) is 2.34. The van der Waals surface area contributed by atoms with Crippen molar-refractivity contribution in [3.05, 3.63) is 35.9 Å². The summed E-state index contributed by atoms with van der Waals surface area (Å²) in [5.74, 6) is 5.12. The number of Topliss-reactive ketones (excluding diaryl/α,β-unsaturated/α-hetero) is 1. The Labute approximate surface area is 95.6 Å². The number of carbonyl (C=O) groups is 1. The Kier molecular flexibility index (Phi) is 5.31. The number of carbonyl (C=O) groups excluding carboxylic acids is 1. The number of hydrogen-bond donors (Lipinski definition) is 0. The monoisotopic (exact) mass is 212 g/mol. The fraction of sp³-hybridized carbons (Fsp3) is 0.214. The van der Waals surface area contributed by atoms with E-state index >= 15 is 0 Å². The largest absolute Gasteiger partial charge is 0.438 e. The van der Waals surface area contributed by atoms with E-state index in [4.69, 9.17) is 11.2 Å². The van der Waals surface area contributed by atoms with Crippen LogP contribution in [0.1, 0.15) is 23.2 Å². The SMILES string of the molecule is C#CCCC#COCC(=O)c1ccccc1. The zero-order valence-corrected chi connectivity index (χ0v) is 8.90. The van der Waals surface area contributed by atoms with E-state index < -0.39 is 0 Å². The predicted molar refractivity (Wildman–Crippen MR) is 62.6 cm³/mol. The summed E-state index contributed by atoms with van der Waals surface area (Å²) in [6.07, 6.45) is 8.70. The standard InChI is InChI=1S/C14H12O2/c1-2-3-4-8-11-16-12-14(15)13-9-6-5-7-10-13/h1,5-7,9-10H,3-4,12H2. The van der Waals surface area contributed by atoms with Crippen LogP contribution in [0.2, 0.25) is 0 Å². The van der Waals surface area contributed by atoms with Crippen molar-refractivity contribution in [1.82, 2.24) is 0 Å². The second kappa shape index (κ2) is 7.15. The lowest BCUT2D eigenvalue weighted by molar-refractivity contribution is 0.0901. The van der Waals surface area contributed by atoms with Gasteiger partial charge in [-0.05, 0) is 0 Å². The summed E-state index contributed by atoms with van der Waals surface area (Å²) in [6, 6.07) is 8.98. The Morgan fingerprint density at radius 2 is 2.00 bits per heavy atom. The van der Waals surface area contributed by atoms with Gasteiger partial charge in [0.05, 0.1) is 0 Å². The Morgan fingerprint density at radius 1 is 1.25 bits per heavy atom. The third-order valence-electron chi connectivity index (χ3n) is 1.84. The molecule has 0 heterocycles. The lowest BCUT2D eigenvalue weighted by Crippen LogP contribution is -2.06. The molecular formula is C14H12O2. The Balaban J connectivity index is 2.31. The number of ketones is 1. The van der Waals surface area contributed by atoms with Crippen molar-refractivity contribution >= 4 is 5.78 Å². The summed E-state index contributed by atoms with van der Waals surface area (Å²) in [4.78, 5) is 11.5. The smallest absolute Gasteiger partial charge is 0.201 e. The van der Waals surface area contributed by atoms with E-state index in [-0.39, 0.29) is 12.4 Å². The first-order chi connectivity index (χ1) is 7.84. The minimum atomic E-state index is -0.0770. The molecule has 1 aromatic rings. The van der Waals surface area contributed by atoms with Gasteiger partial charge in [0.15, 0.2) is 6.61 Å². The normalized spacial score (nSPS) is 8.44. The van der Waals surface area contributed by atoms with Crippen LogP contribution in [0.25, 0.3) is 0 Å². The molecule has 0 aliphatic carbocycles. The maximum absolute atomic E-state index is 11.5. The van der Waals surface area contributed by atoms with E-state index in [1.54, 1.807) is 12.1 Å². The van der Waals surface area contributed by atoms with E-state index in [1.165, 1.54) is 0 Å². The number of unbranched alkanes of at least 4 members (excludes halogenated alkanes) is 1. The fourth-order valence-electron chi connectivity index (χ4n) is 1.05. The van der Waals surface area contributed by atoms with Crippen LogP contribution in [0.3, 0.4) is 0 Å². The van der Waals surface area contributed by atoms with Crippen molar-refractivity contribution in [2.24, 2.45) is 0 Å². The van der Waals surface area contributed by atoms with Gasteiger partial charge in [0.1, 0.15) is 6.11 Å². The van der Waals surface area contributed by atoms with Crippen molar-refractivity contribution in [1.29, 1.82) is 0 Å². The Morgan fingerprint density at radius 3 is 2.69 bits per heavy atom. The second-order valence-electron chi connectivity index (χ2n) is 3.06. The summed E-state index contributed by atoms with van der Waals surface area (Å²) in [6.45, 7) is -0.0208. The lowest BCUT2D eigenvalue weighted by atomic mass is 10.1. The van der Waals surface area contributed by atoms with E-state index in [0.29, 0.717) is 18.4 Å². The van der Waals surface area contributed by atoms with Crippen molar-refractivity contribution in [3.8, 4) is 24.4 Å². The molecule has 0 fully saturated rings. The van der Waals surface area contributed by atoms with Crippen LogP contribution in [0, 0.1) is 24.4 Å². The highest BCUT2D eigenvalue weighted by Crippen LogP contribution is 1.99. The minimum absolute atomic E-state index is 0.0208. The maximum Gasteiger partial charge on any atom is 0.201 e. The molecule has 0 saturated carbocycles. The van der Waals surface area contributed by atoms with Crippen LogP contribution < -0.4 is 0 Å². The predicted octanol–water partition coefficient (Wildman–Crippen LogP) is 2.26. The van der Waals surface area contributed by atoms with Gasteiger partial charge in [0, 0.05) is 18.4 Å². The van der Waals surface area contributed by atoms with Crippen molar-refractivity contribution < 1.29 is 9.53 Å². The highest BCUT2D eigenvalue weighted by molar-refractivity contribution is 5.97. The van der Waals surface area contributed by atoms with Crippen molar-refractivity contribution in [2.45, 2.75) is 12.8 Å². The van der Waals surface area contributed by atoms with Gasteiger partial charge in [0.2, 0.25) is 5.78 Å². The Hall–Kier alpha value is -2.19. The van der Waals surface area contributed by atoms with Gasteiger partial charge in [-0.15, -0.1) is 12.3 Å². The molecule has 0 saturated heterocycles. The molecular weight excluding hydrogens is 200 g/mol. The first-order valence-corrected chi connectivity index (χ1v) is 4.96. The van der Waals surface area contributed by atoms with Gasteiger partial charge < -0.3 is 4.74 Å². The van der Waals surface area contributed by atoms with Crippen LogP contribution in [0.4, 0.5) is 0 Å². The molecule has 2 heteroatoms. The van der Waals surface area contributed by atoms with E-state index in [0.717, 1.165) is 0 Å². The van der Waals surface area contributed by atoms with Crippen LogP contribution in [0.15, 0.2) is 30.3 Å². The van der Waals surface area contributed by atoms with Crippen LogP contribution in [-0.2, 0) is 4.74 Å². The number of benzene rings is 1. The molecule has 0 bridgehead atoms. The molecule has 16 heavy (non-hydrogen) atoms. The molecule has 1 aromatic carbocycles. The first kappa shape index (κ1) is 11.9. The highest BCUT2D eigenvalue weighted by atomic mass is 16.5. The summed E-state index contributed by atoms with van der Waals surface area (Å²) in [5, 5.41) is 0. The van der Waals surface area contributed by atoms with Gasteiger partial charge in [0.25, 0.3) is 0 Å². The van der Waals surface area contributed by atoms with Gasteiger partial charge in [-0.3, -0.25) is 4.79 Å². The molecule has 0 N–H and O–H groups in total. The molecule has 0 radical (unpaired) electrons. The maximum atomic E-state index is 11.5. The van der Waals surface area contributed by atoms with E-state index in [2.05, 4.69) is 17.9 Å². The summed E-state index contributed by atoms with van der Waals surface area (Å²) in [7, 11) is 0. The highest BCUT2D eigenvalue weighted by Gasteiger charge is 2.03. The van der Waals surface area contributed by atoms with Crippen LogP contribution in [0.5, 0.6) is 0 Å². The molecule has 1 rings (SSSR count). The first-order valence-electron chi connectivity index (χ1n) is 4.96. The number of hydrogen-bond acceptors (Lipinski definition) is 2. The van der Waals surface area contributed by atoms with Gasteiger partial charge >= 0.3 is 0 Å². The summed E-state index contributed by atoms with van der Waals surface area (Å²) in [5.41, 5.74) is 0.632. The van der Waals surface area contributed by atoms with Crippen molar-refractivity contribution in [2.75, 3.05) is 6.61 Å². The molecule has 0 unspecified atom stereocenters. The number of ether oxygens (including phenoxy) is 1. The van der Waals surface area contributed by atoms with Gasteiger partial charge in [-0.2, -0.15) is 0 Å². The quantitative estimate of drug-likeness (QED) is 0.434. The zero-order chi connectivity index (χ0) is 11.6. The van der Waals surface area contributed by atoms with Gasteiger partial charge in [-0.1, -0.05) is 36.3 Å². The number of terminal acetylenes is 1. The molecule has 0 aromatic heterocycles. The topological polar surface area (TPSA) is 26.3 Å². The van der Waals surface area contributed by atoms with Crippen molar-refractivity contribution in [3.63, 3.8) is 0 Å². The molecule has 0 aliphatic heterocycles. The van der Waals surface area contributed by atoms with E-state index in [9.17, 15) is 4.79 Å². The summed E-state index contributed by atoms with van der Waals surface area (Å²) >= 11 is 0. The van der Waals surface area contributed by atoms with Gasteiger partial charge in [-0.25, -0.2) is 0 Å². The molecule has 0 spiro atoms. The number of rotatable bonds is 4.